The van der Waals surface area contributed by atoms with Gasteiger partial charge in [0.05, 0.1) is 6.10 Å². The lowest BCUT2D eigenvalue weighted by Gasteiger charge is -2.55. The smallest absolute Gasteiger partial charge is 0.137 e. The van der Waals surface area contributed by atoms with Crippen molar-refractivity contribution in [3.05, 3.63) is 23.8 Å². The van der Waals surface area contributed by atoms with E-state index in [0.717, 1.165) is 44.4 Å². The lowest BCUT2D eigenvalue weighted by molar-refractivity contribution is -0.119. The fourth-order valence-electron chi connectivity index (χ4n) is 6.95. The quantitative estimate of drug-likeness (QED) is 0.754. The summed E-state index contributed by atoms with van der Waals surface area (Å²) in [6.45, 7) is 6.30. The monoisotopic (exact) mass is 328 g/mol. The number of hydrogen-bond acceptors (Lipinski definition) is 2. The van der Waals surface area contributed by atoms with Gasteiger partial charge in [-0.05, 0) is 80.5 Å². The zero-order chi connectivity index (χ0) is 16.9. The molecule has 132 valence electrons. The summed E-state index contributed by atoms with van der Waals surface area (Å²) in [5.74, 6) is 3.23. The lowest BCUT2D eigenvalue weighted by Crippen LogP contribution is -2.49. The first-order chi connectivity index (χ1) is 11.5. The molecule has 2 nitrogen and oxygen atoms in total. The van der Waals surface area contributed by atoms with Crippen LogP contribution in [-0.2, 0) is 4.79 Å². The van der Waals surface area contributed by atoms with Gasteiger partial charge in [-0.15, -0.1) is 6.58 Å². The van der Waals surface area contributed by atoms with Crippen LogP contribution in [0, 0.1) is 29.1 Å². The van der Waals surface area contributed by atoms with Crippen molar-refractivity contribution in [1.29, 1.82) is 0 Å². The Bertz CT molecular complexity index is 575. The minimum absolute atomic E-state index is 0.113. The van der Waals surface area contributed by atoms with Crippen LogP contribution in [0.25, 0.3) is 0 Å². The zero-order valence-electron chi connectivity index (χ0n) is 15.1. The highest BCUT2D eigenvalue weighted by atomic mass is 16.3. The molecule has 2 fully saturated rings. The Morgan fingerprint density at radius 3 is 2.88 bits per heavy atom. The van der Waals surface area contributed by atoms with Gasteiger partial charge in [0.2, 0.25) is 0 Å². The third kappa shape index (κ3) is 2.44. The number of carbonyl (C=O) groups excluding carboxylic acids is 1. The van der Waals surface area contributed by atoms with Crippen LogP contribution >= 0.6 is 0 Å². The maximum Gasteiger partial charge on any atom is 0.137 e. The van der Waals surface area contributed by atoms with Crippen molar-refractivity contribution in [2.45, 2.75) is 77.2 Å². The van der Waals surface area contributed by atoms with Crippen molar-refractivity contribution in [2.24, 2.45) is 29.1 Å². The lowest BCUT2D eigenvalue weighted by atomic mass is 9.50. The molecular weight excluding hydrogens is 296 g/mol. The van der Waals surface area contributed by atoms with Gasteiger partial charge in [-0.25, -0.2) is 0 Å². The molecule has 0 spiro atoms. The first kappa shape index (κ1) is 16.6. The van der Waals surface area contributed by atoms with Gasteiger partial charge in [0.15, 0.2) is 0 Å². The largest absolute Gasteiger partial charge is 0.393 e. The second kappa shape index (κ2) is 6.12. The molecule has 24 heavy (non-hydrogen) atoms. The molecule has 4 aliphatic carbocycles. The fraction of sp³-hybridized carbons (Fsp3) is 0.773. The Morgan fingerprint density at radius 2 is 2.08 bits per heavy atom. The number of hydrogen-bond donors (Lipinski definition) is 1. The number of aliphatic hydroxyl groups excluding tert-OH is 1. The molecule has 0 aromatic rings. The van der Waals surface area contributed by atoms with Crippen LogP contribution in [0.1, 0.15) is 71.1 Å². The number of carbonyl (C=O) groups is 1. The highest BCUT2D eigenvalue weighted by Crippen LogP contribution is 2.63. The van der Waals surface area contributed by atoms with Crippen molar-refractivity contribution in [3.8, 4) is 0 Å². The van der Waals surface area contributed by atoms with E-state index in [4.69, 9.17) is 0 Å². The second-order valence-corrected chi connectivity index (χ2v) is 9.11. The highest BCUT2D eigenvalue weighted by Gasteiger charge is 2.57. The molecule has 0 saturated heterocycles. The summed E-state index contributed by atoms with van der Waals surface area (Å²) >= 11 is 0. The van der Waals surface area contributed by atoms with Crippen molar-refractivity contribution in [3.63, 3.8) is 0 Å². The molecule has 2 heteroatoms. The Balaban J connectivity index is 1.70. The molecule has 0 radical (unpaired) electrons. The van der Waals surface area contributed by atoms with Crippen LogP contribution in [0.15, 0.2) is 23.8 Å². The first-order valence-electron chi connectivity index (χ1n) is 10.1. The minimum Gasteiger partial charge on any atom is -0.393 e. The average Bonchev–Trinajstić information content (AvgIpc) is 2.87. The molecule has 4 rings (SSSR count). The van der Waals surface area contributed by atoms with Gasteiger partial charge in [-0.2, -0.15) is 0 Å². The minimum atomic E-state index is -0.113. The van der Waals surface area contributed by atoms with E-state index in [1.807, 2.05) is 0 Å². The number of rotatable bonds is 3. The van der Waals surface area contributed by atoms with Crippen LogP contribution in [0.3, 0.4) is 0 Å². The van der Waals surface area contributed by atoms with E-state index in [0.29, 0.717) is 23.5 Å². The predicted molar refractivity (Wildman–Crippen MR) is 96.5 cm³/mol. The molecule has 2 saturated carbocycles. The van der Waals surface area contributed by atoms with Crippen molar-refractivity contribution in [1.82, 2.24) is 0 Å². The maximum absolute atomic E-state index is 11.9. The summed E-state index contributed by atoms with van der Waals surface area (Å²) in [6.07, 6.45) is 12.5. The molecule has 0 bridgehead atoms. The summed E-state index contributed by atoms with van der Waals surface area (Å²) in [7, 11) is 0. The van der Waals surface area contributed by atoms with Gasteiger partial charge < -0.3 is 5.11 Å². The molecule has 6 atom stereocenters. The molecule has 4 aliphatic rings. The predicted octanol–water partition coefficient (Wildman–Crippen LogP) is 4.83. The van der Waals surface area contributed by atoms with E-state index in [1.165, 1.54) is 31.3 Å². The van der Waals surface area contributed by atoms with Gasteiger partial charge in [0, 0.05) is 12.8 Å². The van der Waals surface area contributed by atoms with Gasteiger partial charge in [-0.3, -0.25) is 4.79 Å². The van der Waals surface area contributed by atoms with Crippen LogP contribution in [0.5, 0.6) is 0 Å². The molecule has 0 amide bonds. The van der Waals surface area contributed by atoms with E-state index >= 15 is 0 Å². The summed E-state index contributed by atoms with van der Waals surface area (Å²) in [5.41, 5.74) is 3.29. The molecular formula is C22H32O2. The number of allylic oxidation sites excluding steroid dienone is 3. The number of aliphatic hydroxyl groups is 1. The Labute approximate surface area is 146 Å². The molecule has 0 aromatic carbocycles. The Kier molecular flexibility index (Phi) is 4.23. The van der Waals surface area contributed by atoms with Gasteiger partial charge >= 0.3 is 0 Å². The van der Waals surface area contributed by atoms with Crippen LogP contribution in [0.4, 0.5) is 0 Å². The molecule has 0 aromatic heterocycles. The first-order valence-corrected chi connectivity index (χ1v) is 10.1. The third-order valence-electron chi connectivity index (χ3n) is 8.01. The molecule has 1 N–H and O–H groups in total. The van der Waals surface area contributed by atoms with E-state index in [9.17, 15) is 9.90 Å². The van der Waals surface area contributed by atoms with E-state index in [1.54, 1.807) is 5.57 Å². The van der Waals surface area contributed by atoms with Crippen LogP contribution < -0.4 is 0 Å². The van der Waals surface area contributed by atoms with Gasteiger partial charge in [0.25, 0.3) is 0 Å². The van der Waals surface area contributed by atoms with E-state index < -0.39 is 0 Å². The molecule has 0 heterocycles. The molecule has 0 aliphatic heterocycles. The standard InChI is InChI=1S/C22H32O2/c1-3-4-5-15-13-22(2)19(10-11-20(22)24)18-8-6-14-12-16(23)7-9-17(14)21(15)18/h3,15,18-21,24H,1,4-13H2,2H3/t15-,18?,19?,20-,21?,22-/m0/s1. The number of Topliss-reactive ketones (excluding diaryl/α,β-unsaturated/α-hetero) is 1. The van der Waals surface area contributed by atoms with Crippen LogP contribution in [-0.4, -0.2) is 17.0 Å². The van der Waals surface area contributed by atoms with E-state index in [-0.39, 0.29) is 11.5 Å². The maximum atomic E-state index is 11.9. The zero-order valence-corrected chi connectivity index (χ0v) is 15.1. The Morgan fingerprint density at radius 1 is 1.25 bits per heavy atom. The SMILES string of the molecule is C=CCC[C@H]1C[C@@]2(C)C(CC[C@@H]2O)C2CCC3=C(CCC(=O)C3)C21. The summed E-state index contributed by atoms with van der Waals surface area (Å²) in [5, 5.41) is 10.7. The van der Waals surface area contributed by atoms with Crippen molar-refractivity contribution in [2.75, 3.05) is 0 Å². The van der Waals surface area contributed by atoms with Gasteiger partial charge in [-0.1, -0.05) is 24.1 Å². The van der Waals surface area contributed by atoms with Crippen LogP contribution in [0.2, 0.25) is 0 Å². The number of ketones is 1. The summed E-state index contributed by atoms with van der Waals surface area (Å²) in [4.78, 5) is 11.9. The summed E-state index contributed by atoms with van der Waals surface area (Å²) < 4.78 is 0. The normalized spacial score (nSPS) is 44.8. The Hall–Kier alpha value is -0.890. The van der Waals surface area contributed by atoms with Crippen molar-refractivity contribution >= 4 is 5.78 Å². The fourth-order valence-corrected chi connectivity index (χ4v) is 6.95. The third-order valence-corrected chi connectivity index (χ3v) is 8.01. The number of fused-ring (bicyclic) bond motifs is 4. The van der Waals surface area contributed by atoms with Crippen molar-refractivity contribution < 1.29 is 9.90 Å². The van der Waals surface area contributed by atoms with E-state index in [2.05, 4.69) is 19.6 Å². The summed E-state index contributed by atoms with van der Waals surface area (Å²) in [6, 6.07) is 0. The second-order valence-electron chi connectivity index (χ2n) is 9.11. The highest BCUT2D eigenvalue weighted by molar-refractivity contribution is 5.82. The molecule has 3 unspecified atom stereocenters. The topological polar surface area (TPSA) is 37.3 Å². The average molecular weight is 328 g/mol. The van der Waals surface area contributed by atoms with Gasteiger partial charge in [0.1, 0.15) is 5.78 Å².